The first-order valence-electron chi connectivity index (χ1n) is 9.80. The summed E-state index contributed by atoms with van der Waals surface area (Å²) < 4.78 is 5.78. The monoisotopic (exact) mass is 376 g/mol. The molecule has 3 aromatic rings. The quantitative estimate of drug-likeness (QED) is 0.730. The van der Waals surface area contributed by atoms with E-state index in [2.05, 4.69) is 89.3 Å². The molecule has 0 amide bonds. The molecule has 0 unspecified atom stereocenters. The van der Waals surface area contributed by atoms with E-state index in [9.17, 15) is 0 Å². The third kappa shape index (κ3) is 4.11. The molecular formula is C23H28N4O. The first-order valence-corrected chi connectivity index (χ1v) is 9.80. The first kappa shape index (κ1) is 18.7. The summed E-state index contributed by atoms with van der Waals surface area (Å²) in [5.74, 6) is 0.972. The lowest BCUT2D eigenvalue weighted by Crippen LogP contribution is -2.39. The van der Waals surface area contributed by atoms with Gasteiger partial charge in [-0.2, -0.15) is 0 Å². The van der Waals surface area contributed by atoms with Gasteiger partial charge < -0.3 is 14.6 Å². The molecule has 4 rings (SSSR count). The average Bonchev–Trinajstić information content (AvgIpc) is 3.19. The molecule has 1 atom stereocenters. The van der Waals surface area contributed by atoms with Crippen LogP contribution in [0.2, 0.25) is 0 Å². The van der Waals surface area contributed by atoms with Crippen LogP contribution < -0.4 is 4.90 Å². The van der Waals surface area contributed by atoms with Crippen LogP contribution in [0.25, 0.3) is 11.3 Å². The Morgan fingerprint density at radius 1 is 1.11 bits per heavy atom. The van der Waals surface area contributed by atoms with Crippen LogP contribution in [0.3, 0.4) is 0 Å². The normalized spacial score (nSPS) is 17.6. The minimum absolute atomic E-state index is 0.140. The molecule has 1 N–H and O–H groups in total. The maximum atomic E-state index is 5.78. The number of benzene rings is 2. The Bertz CT molecular complexity index is 899. The number of aromatic amines is 1. The molecule has 28 heavy (non-hydrogen) atoms. The van der Waals surface area contributed by atoms with Gasteiger partial charge in [0.2, 0.25) is 0 Å². The number of hydrogen-bond acceptors (Lipinski definition) is 4. The summed E-state index contributed by atoms with van der Waals surface area (Å²) in [6.07, 6.45) is 1.93. The van der Waals surface area contributed by atoms with E-state index in [0.717, 1.165) is 36.8 Å². The summed E-state index contributed by atoms with van der Waals surface area (Å²) >= 11 is 0. The molecule has 0 spiro atoms. The van der Waals surface area contributed by atoms with Crippen molar-refractivity contribution in [2.45, 2.75) is 19.5 Å². The number of morpholine rings is 1. The van der Waals surface area contributed by atoms with Crippen LogP contribution in [0.15, 0.2) is 54.7 Å². The molecule has 1 fully saturated rings. The van der Waals surface area contributed by atoms with Crippen molar-refractivity contribution >= 4 is 5.69 Å². The highest BCUT2D eigenvalue weighted by atomic mass is 16.5. The highest BCUT2D eigenvalue weighted by Crippen LogP contribution is 2.27. The number of nitrogens with one attached hydrogen (secondary N) is 1. The van der Waals surface area contributed by atoms with Crippen LogP contribution in [0.5, 0.6) is 0 Å². The van der Waals surface area contributed by atoms with Gasteiger partial charge in [-0.15, -0.1) is 0 Å². The molecule has 5 heteroatoms. The van der Waals surface area contributed by atoms with Gasteiger partial charge in [0.25, 0.3) is 0 Å². The Morgan fingerprint density at radius 2 is 1.86 bits per heavy atom. The fourth-order valence-electron chi connectivity index (χ4n) is 3.60. The van der Waals surface area contributed by atoms with Crippen molar-refractivity contribution in [3.05, 3.63) is 71.7 Å². The first-order chi connectivity index (χ1) is 13.6. The van der Waals surface area contributed by atoms with Crippen LogP contribution in [0.1, 0.15) is 23.0 Å². The Kier molecular flexibility index (Phi) is 5.46. The van der Waals surface area contributed by atoms with E-state index in [4.69, 9.17) is 4.74 Å². The fourth-order valence-corrected chi connectivity index (χ4v) is 3.60. The maximum Gasteiger partial charge on any atom is 0.126 e. The molecular weight excluding hydrogens is 348 g/mol. The van der Waals surface area contributed by atoms with E-state index in [-0.39, 0.29) is 6.04 Å². The number of nitrogens with zero attached hydrogens (tertiary/aromatic N) is 3. The molecule has 1 saturated heterocycles. The summed E-state index contributed by atoms with van der Waals surface area (Å²) in [5, 5.41) is 0. The van der Waals surface area contributed by atoms with Crippen LogP contribution in [0, 0.1) is 6.92 Å². The second kappa shape index (κ2) is 8.17. The SMILES string of the molecule is Cc1ccc(-c2cnc([C@@H]3COCCN3Cc3ccc(N(C)C)cc3)[nH]2)cc1. The Labute approximate surface area is 167 Å². The molecule has 0 aliphatic carbocycles. The van der Waals surface area contributed by atoms with Gasteiger partial charge in [0.05, 0.1) is 31.1 Å². The summed E-state index contributed by atoms with van der Waals surface area (Å²) in [7, 11) is 4.13. The molecule has 0 bridgehead atoms. The number of anilines is 1. The van der Waals surface area contributed by atoms with Crippen molar-refractivity contribution in [2.75, 3.05) is 38.8 Å². The van der Waals surface area contributed by atoms with Crippen LogP contribution in [-0.2, 0) is 11.3 Å². The van der Waals surface area contributed by atoms with Gasteiger partial charge in [-0.25, -0.2) is 4.98 Å². The zero-order valence-electron chi connectivity index (χ0n) is 16.9. The third-order valence-corrected chi connectivity index (χ3v) is 5.35. The van der Waals surface area contributed by atoms with Crippen LogP contribution >= 0.6 is 0 Å². The number of ether oxygens (including phenoxy) is 1. The summed E-state index contributed by atoms with van der Waals surface area (Å²) in [6.45, 7) is 5.32. The highest BCUT2D eigenvalue weighted by molar-refractivity contribution is 5.58. The smallest absolute Gasteiger partial charge is 0.126 e. The predicted molar refractivity (Wildman–Crippen MR) is 113 cm³/mol. The van der Waals surface area contributed by atoms with Crippen molar-refractivity contribution in [3.8, 4) is 11.3 Å². The summed E-state index contributed by atoms with van der Waals surface area (Å²) in [5.41, 5.74) is 6.00. The van der Waals surface area contributed by atoms with Crippen molar-refractivity contribution in [2.24, 2.45) is 0 Å². The predicted octanol–water partition coefficient (Wildman–Crippen LogP) is 4.02. The maximum absolute atomic E-state index is 5.78. The van der Waals surface area contributed by atoms with Gasteiger partial charge in [-0.1, -0.05) is 42.0 Å². The summed E-state index contributed by atoms with van der Waals surface area (Å²) in [4.78, 5) is 12.8. The molecule has 1 aliphatic rings. The molecule has 1 aliphatic heterocycles. The standard InChI is InChI=1S/C23H28N4O/c1-17-4-8-19(9-5-17)21-14-24-23(25-21)22-16-28-13-12-27(22)15-18-6-10-20(11-7-18)26(2)3/h4-11,14,22H,12-13,15-16H2,1-3H3,(H,24,25)/t22-/m0/s1. The van der Waals surface area contributed by atoms with E-state index in [0.29, 0.717) is 6.61 Å². The van der Waals surface area contributed by atoms with Gasteiger partial charge in [0, 0.05) is 32.9 Å². The zero-order valence-corrected chi connectivity index (χ0v) is 16.9. The number of hydrogen-bond donors (Lipinski definition) is 1. The average molecular weight is 377 g/mol. The molecule has 2 aromatic carbocycles. The van der Waals surface area contributed by atoms with E-state index in [1.807, 2.05) is 6.20 Å². The molecule has 2 heterocycles. The topological polar surface area (TPSA) is 44.4 Å². The van der Waals surface area contributed by atoms with E-state index in [1.54, 1.807) is 0 Å². The minimum atomic E-state index is 0.140. The number of imidazole rings is 1. The highest BCUT2D eigenvalue weighted by Gasteiger charge is 2.27. The molecule has 5 nitrogen and oxygen atoms in total. The lowest BCUT2D eigenvalue weighted by molar-refractivity contribution is -0.0156. The van der Waals surface area contributed by atoms with Crippen molar-refractivity contribution in [3.63, 3.8) is 0 Å². The minimum Gasteiger partial charge on any atom is -0.378 e. The van der Waals surface area contributed by atoms with Crippen molar-refractivity contribution in [1.82, 2.24) is 14.9 Å². The number of rotatable bonds is 5. The second-order valence-corrected chi connectivity index (χ2v) is 7.67. The van der Waals surface area contributed by atoms with Crippen LogP contribution in [0.4, 0.5) is 5.69 Å². The van der Waals surface area contributed by atoms with Gasteiger partial charge >= 0.3 is 0 Å². The van der Waals surface area contributed by atoms with E-state index < -0.39 is 0 Å². The van der Waals surface area contributed by atoms with E-state index >= 15 is 0 Å². The van der Waals surface area contributed by atoms with Crippen molar-refractivity contribution < 1.29 is 4.74 Å². The van der Waals surface area contributed by atoms with Gasteiger partial charge in [0.15, 0.2) is 0 Å². The largest absolute Gasteiger partial charge is 0.378 e. The fraction of sp³-hybridized carbons (Fsp3) is 0.348. The Balaban J connectivity index is 1.51. The van der Waals surface area contributed by atoms with Gasteiger partial charge in [0.1, 0.15) is 5.82 Å². The van der Waals surface area contributed by atoms with Gasteiger partial charge in [-0.3, -0.25) is 4.90 Å². The lowest BCUT2D eigenvalue weighted by Gasteiger charge is -2.34. The molecule has 0 saturated carbocycles. The summed E-state index contributed by atoms with van der Waals surface area (Å²) in [6, 6.07) is 17.4. The molecule has 0 radical (unpaired) electrons. The Morgan fingerprint density at radius 3 is 2.57 bits per heavy atom. The zero-order chi connectivity index (χ0) is 19.5. The number of aromatic nitrogens is 2. The molecule has 1 aromatic heterocycles. The lowest BCUT2D eigenvalue weighted by atomic mass is 10.1. The number of aryl methyl sites for hydroxylation is 1. The third-order valence-electron chi connectivity index (χ3n) is 5.35. The van der Waals surface area contributed by atoms with Crippen LogP contribution in [-0.4, -0.2) is 48.7 Å². The second-order valence-electron chi connectivity index (χ2n) is 7.67. The molecule has 146 valence electrons. The number of H-pyrrole nitrogens is 1. The Hall–Kier alpha value is -2.63. The van der Waals surface area contributed by atoms with Gasteiger partial charge in [-0.05, 0) is 30.2 Å². The van der Waals surface area contributed by atoms with Crippen molar-refractivity contribution in [1.29, 1.82) is 0 Å². The van der Waals surface area contributed by atoms with E-state index in [1.165, 1.54) is 16.8 Å².